The quantitative estimate of drug-likeness (QED) is 0.828. The van der Waals surface area contributed by atoms with Crippen molar-refractivity contribution in [2.75, 3.05) is 27.8 Å². The molecule has 0 atom stereocenters. The highest BCUT2D eigenvalue weighted by atomic mass is 79.9. The van der Waals surface area contributed by atoms with Gasteiger partial charge in [-0.1, -0.05) is 19.9 Å². The summed E-state index contributed by atoms with van der Waals surface area (Å²) >= 11 is 3.54. The third kappa shape index (κ3) is 4.39. The lowest BCUT2D eigenvalue weighted by molar-refractivity contribution is 0.321. The van der Waals surface area contributed by atoms with Crippen LogP contribution in [0.3, 0.4) is 0 Å². The molecule has 108 valence electrons. The van der Waals surface area contributed by atoms with Crippen molar-refractivity contribution in [3.05, 3.63) is 22.2 Å². The summed E-state index contributed by atoms with van der Waals surface area (Å²) in [6, 6.07) is 4.06. The molecule has 4 heteroatoms. The van der Waals surface area contributed by atoms with Gasteiger partial charge in [0.05, 0.1) is 14.2 Å². The molecule has 0 fully saturated rings. The fourth-order valence-electron chi connectivity index (χ4n) is 2.19. The number of ether oxygens (including phenoxy) is 2. The van der Waals surface area contributed by atoms with Gasteiger partial charge in [0.25, 0.3) is 0 Å². The molecule has 0 amide bonds. The number of hydrogen-bond donors (Lipinski definition) is 1. The average molecular weight is 330 g/mol. The van der Waals surface area contributed by atoms with Gasteiger partial charge in [-0.15, -0.1) is 0 Å². The van der Waals surface area contributed by atoms with Crippen LogP contribution in [0.4, 0.5) is 0 Å². The van der Waals surface area contributed by atoms with Crippen molar-refractivity contribution in [1.82, 2.24) is 5.32 Å². The van der Waals surface area contributed by atoms with E-state index in [4.69, 9.17) is 9.47 Å². The van der Waals surface area contributed by atoms with Crippen molar-refractivity contribution in [2.45, 2.75) is 26.7 Å². The Labute approximate surface area is 124 Å². The van der Waals surface area contributed by atoms with E-state index in [9.17, 15) is 0 Å². The molecule has 0 aromatic heterocycles. The maximum Gasteiger partial charge on any atom is 0.139 e. The summed E-state index contributed by atoms with van der Waals surface area (Å²) < 4.78 is 11.7. The number of halogens is 1. The highest BCUT2D eigenvalue weighted by Gasteiger charge is 2.19. The van der Waals surface area contributed by atoms with Gasteiger partial charge in [0.2, 0.25) is 0 Å². The monoisotopic (exact) mass is 329 g/mol. The van der Waals surface area contributed by atoms with Crippen LogP contribution in [0.25, 0.3) is 0 Å². The molecule has 1 aromatic carbocycles. The largest absolute Gasteiger partial charge is 0.495 e. The first-order valence-corrected chi connectivity index (χ1v) is 7.28. The Morgan fingerprint density at radius 1 is 1.21 bits per heavy atom. The van der Waals surface area contributed by atoms with E-state index in [1.165, 1.54) is 5.56 Å². The lowest BCUT2D eigenvalue weighted by Crippen LogP contribution is -2.27. The molecular formula is C15H24BrNO2. The van der Waals surface area contributed by atoms with Crippen molar-refractivity contribution in [2.24, 2.45) is 5.41 Å². The highest BCUT2D eigenvalue weighted by molar-refractivity contribution is 9.10. The summed E-state index contributed by atoms with van der Waals surface area (Å²) in [5.74, 6) is 1.68. The third-order valence-electron chi connectivity index (χ3n) is 3.29. The maximum atomic E-state index is 5.50. The summed E-state index contributed by atoms with van der Waals surface area (Å²) in [4.78, 5) is 0. The SMILES string of the molecule is CNCC(C)(C)CCc1ccc(OC)c(Br)c1OC. The predicted octanol–water partition coefficient (Wildman–Crippen LogP) is 3.64. The maximum absolute atomic E-state index is 5.50. The summed E-state index contributed by atoms with van der Waals surface area (Å²) in [7, 11) is 5.35. The van der Waals surface area contributed by atoms with Crippen LogP contribution in [0.1, 0.15) is 25.8 Å². The molecular weight excluding hydrogens is 306 g/mol. The van der Waals surface area contributed by atoms with Gasteiger partial charge in [-0.2, -0.15) is 0 Å². The molecule has 1 N–H and O–H groups in total. The van der Waals surface area contributed by atoms with Crippen molar-refractivity contribution in [3.63, 3.8) is 0 Å². The van der Waals surface area contributed by atoms with Gasteiger partial charge in [-0.05, 0) is 59.4 Å². The van der Waals surface area contributed by atoms with Gasteiger partial charge in [0.15, 0.2) is 0 Å². The number of methoxy groups -OCH3 is 2. The second-order valence-corrected chi connectivity index (χ2v) is 6.26. The molecule has 0 bridgehead atoms. The van der Waals surface area contributed by atoms with Crippen LogP contribution in [0.2, 0.25) is 0 Å². The molecule has 0 saturated heterocycles. The highest BCUT2D eigenvalue weighted by Crippen LogP contribution is 2.38. The van der Waals surface area contributed by atoms with Crippen molar-refractivity contribution < 1.29 is 9.47 Å². The zero-order valence-electron chi connectivity index (χ0n) is 12.5. The summed E-state index contributed by atoms with van der Waals surface area (Å²) in [6.07, 6.45) is 2.09. The Kier molecular flexibility index (Phi) is 6.14. The summed E-state index contributed by atoms with van der Waals surface area (Å²) in [5, 5.41) is 3.24. The molecule has 0 unspecified atom stereocenters. The molecule has 1 rings (SSSR count). The van der Waals surface area contributed by atoms with E-state index in [-0.39, 0.29) is 5.41 Å². The average Bonchev–Trinajstić information content (AvgIpc) is 2.36. The van der Waals surface area contributed by atoms with E-state index < -0.39 is 0 Å². The van der Waals surface area contributed by atoms with E-state index in [2.05, 4.69) is 41.2 Å². The second kappa shape index (κ2) is 7.15. The number of benzene rings is 1. The Morgan fingerprint density at radius 3 is 2.42 bits per heavy atom. The molecule has 0 saturated carbocycles. The minimum atomic E-state index is 0.270. The first kappa shape index (κ1) is 16.3. The van der Waals surface area contributed by atoms with Crippen LogP contribution in [-0.2, 0) is 6.42 Å². The molecule has 0 aliphatic heterocycles. The minimum absolute atomic E-state index is 0.270. The molecule has 0 aliphatic rings. The van der Waals surface area contributed by atoms with E-state index in [0.717, 1.165) is 35.4 Å². The standard InChI is InChI=1S/C15H24BrNO2/c1-15(2,10-17-3)9-8-11-6-7-12(18-4)13(16)14(11)19-5/h6-7,17H,8-10H2,1-5H3. The first-order valence-electron chi connectivity index (χ1n) is 6.49. The minimum Gasteiger partial charge on any atom is -0.495 e. The first-order chi connectivity index (χ1) is 8.95. The molecule has 0 spiro atoms. The number of hydrogen-bond acceptors (Lipinski definition) is 3. The number of nitrogens with one attached hydrogen (secondary N) is 1. The van der Waals surface area contributed by atoms with Crippen LogP contribution < -0.4 is 14.8 Å². The van der Waals surface area contributed by atoms with Gasteiger partial charge >= 0.3 is 0 Å². The van der Waals surface area contributed by atoms with Crippen LogP contribution >= 0.6 is 15.9 Å². The lowest BCUT2D eigenvalue weighted by atomic mass is 9.86. The van der Waals surface area contributed by atoms with Crippen molar-refractivity contribution in [3.8, 4) is 11.5 Å². The predicted molar refractivity (Wildman–Crippen MR) is 83.3 cm³/mol. The molecule has 19 heavy (non-hydrogen) atoms. The normalized spacial score (nSPS) is 11.5. The fourth-order valence-corrected chi connectivity index (χ4v) is 2.90. The van der Waals surface area contributed by atoms with E-state index in [1.807, 2.05) is 13.1 Å². The molecule has 0 heterocycles. The Bertz CT molecular complexity index is 419. The topological polar surface area (TPSA) is 30.5 Å². The Hall–Kier alpha value is -0.740. The van der Waals surface area contributed by atoms with Crippen molar-refractivity contribution >= 4 is 15.9 Å². The van der Waals surface area contributed by atoms with E-state index >= 15 is 0 Å². The van der Waals surface area contributed by atoms with Crippen LogP contribution in [0.15, 0.2) is 16.6 Å². The van der Waals surface area contributed by atoms with Gasteiger partial charge in [0, 0.05) is 0 Å². The molecule has 0 aliphatic carbocycles. The fraction of sp³-hybridized carbons (Fsp3) is 0.600. The van der Waals surface area contributed by atoms with Crippen LogP contribution in [0, 0.1) is 5.41 Å². The van der Waals surface area contributed by atoms with Gasteiger partial charge < -0.3 is 14.8 Å². The Morgan fingerprint density at radius 2 is 1.89 bits per heavy atom. The number of rotatable bonds is 7. The van der Waals surface area contributed by atoms with E-state index in [0.29, 0.717) is 0 Å². The second-order valence-electron chi connectivity index (χ2n) is 5.47. The van der Waals surface area contributed by atoms with Gasteiger partial charge in [-0.3, -0.25) is 0 Å². The molecule has 1 aromatic rings. The summed E-state index contributed by atoms with van der Waals surface area (Å²) in [5.41, 5.74) is 1.48. The third-order valence-corrected chi connectivity index (χ3v) is 4.04. The lowest BCUT2D eigenvalue weighted by Gasteiger charge is -2.24. The van der Waals surface area contributed by atoms with Crippen molar-refractivity contribution in [1.29, 1.82) is 0 Å². The van der Waals surface area contributed by atoms with Crippen LogP contribution in [-0.4, -0.2) is 27.8 Å². The Balaban J connectivity index is 2.87. The smallest absolute Gasteiger partial charge is 0.139 e. The summed E-state index contributed by atoms with van der Waals surface area (Å²) in [6.45, 7) is 5.55. The molecule has 0 radical (unpaired) electrons. The number of aryl methyl sites for hydroxylation is 1. The van der Waals surface area contributed by atoms with Gasteiger partial charge in [-0.25, -0.2) is 0 Å². The molecule has 3 nitrogen and oxygen atoms in total. The zero-order chi connectivity index (χ0) is 14.5. The van der Waals surface area contributed by atoms with Gasteiger partial charge in [0.1, 0.15) is 16.0 Å². The zero-order valence-corrected chi connectivity index (χ0v) is 14.1. The van der Waals surface area contributed by atoms with E-state index in [1.54, 1.807) is 14.2 Å². The van der Waals surface area contributed by atoms with Crippen LogP contribution in [0.5, 0.6) is 11.5 Å².